The van der Waals surface area contributed by atoms with Gasteiger partial charge in [-0.05, 0) is 12.1 Å². The third-order valence-electron chi connectivity index (χ3n) is 3.27. The smallest absolute Gasteiger partial charge is 0.229 e. The molecule has 0 saturated heterocycles. The summed E-state index contributed by atoms with van der Waals surface area (Å²) < 4.78 is 5.31. The Bertz CT molecular complexity index is 779. The molecule has 23 heavy (non-hydrogen) atoms. The first-order valence-electron chi connectivity index (χ1n) is 7.52. The molecule has 3 rings (SSSR count). The number of benzene rings is 2. The van der Waals surface area contributed by atoms with Gasteiger partial charge in [-0.2, -0.15) is 10.1 Å². The van der Waals surface area contributed by atoms with E-state index in [1.807, 2.05) is 74.5 Å². The van der Waals surface area contributed by atoms with Crippen molar-refractivity contribution in [1.82, 2.24) is 10.1 Å². The summed E-state index contributed by atoms with van der Waals surface area (Å²) in [6.45, 7) is 4.03. The molecular formula is C18H18N4O. The topological polar surface area (TPSA) is 63.3 Å². The molecule has 0 spiro atoms. The Hall–Kier alpha value is -2.95. The quantitative estimate of drug-likeness (QED) is 0.570. The Morgan fingerprint density at radius 3 is 2.26 bits per heavy atom. The molecule has 0 atom stereocenters. The molecule has 0 saturated carbocycles. The van der Waals surface area contributed by atoms with Crippen LogP contribution in [0, 0.1) is 0 Å². The zero-order chi connectivity index (χ0) is 16.1. The monoisotopic (exact) mass is 306 g/mol. The predicted octanol–water partition coefficient (Wildman–Crippen LogP) is 4.06. The van der Waals surface area contributed by atoms with Crippen molar-refractivity contribution in [2.24, 2.45) is 5.10 Å². The minimum absolute atomic E-state index is 0.176. The van der Waals surface area contributed by atoms with Crippen molar-refractivity contribution >= 4 is 11.4 Å². The number of aromatic nitrogens is 2. The molecule has 1 heterocycles. The summed E-state index contributed by atoms with van der Waals surface area (Å²) in [5.74, 6) is 1.25. The molecule has 0 radical (unpaired) electrons. The lowest BCUT2D eigenvalue weighted by Gasteiger charge is -2.04. The van der Waals surface area contributed by atoms with Crippen molar-refractivity contribution in [2.45, 2.75) is 19.8 Å². The van der Waals surface area contributed by atoms with Gasteiger partial charge in [-0.1, -0.05) is 67.5 Å². The molecule has 2 aromatic carbocycles. The van der Waals surface area contributed by atoms with Gasteiger partial charge in [0.1, 0.15) is 5.71 Å². The van der Waals surface area contributed by atoms with E-state index in [4.69, 9.17) is 4.52 Å². The molecule has 0 amide bonds. The maximum absolute atomic E-state index is 5.31. The summed E-state index contributed by atoms with van der Waals surface area (Å²) in [6, 6.07) is 19.6. The average molecular weight is 306 g/mol. The fraction of sp³-hybridized carbons (Fsp3) is 0.167. The summed E-state index contributed by atoms with van der Waals surface area (Å²) >= 11 is 0. The number of para-hydroxylation sites is 1. The molecule has 5 heteroatoms. The average Bonchev–Trinajstić information content (AvgIpc) is 3.07. The maximum atomic E-state index is 5.31. The number of hydrazone groups is 1. The van der Waals surface area contributed by atoms with Gasteiger partial charge in [0.15, 0.2) is 0 Å². The van der Waals surface area contributed by atoms with E-state index in [2.05, 4.69) is 20.7 Å². The number of anilines is 1. The molecule has 0 bridgehead atoms. The van der Waals surface area contributed by atoms with Crippen LogP contribution < -0.4 is 5.43 Å². The summed E-state index contributed by atoms with van der Waals surface area (Å²) in [7, 11) is 0. The van der Waals surface area contributed by atoms with Gasteiger partial charge < -0.3 is 4.52 Å². The second-order valence-electron chi connectivity index (χ2n) is 5.42. The molecule has 5 nitrogen and oxygen atoms in total. The molecular weight excluding hydrogens is 288 g/mol. The molecule has 1 aromatic heterocycles. The largest absolute Gasteiger partial charge is 0.339 e. The van der Waals surface area contributed by atoms with Crippen LogP contribution in [0.4, 0.5) is 5.69 Å². The second kappa shape index (κ2) is 6.87. The van der Waals surface area contributed by atoms with Crippen molar-refractivity contribution in [2.75, 3.05) is 5.43 Å². The Kier molecular flexibility index (Phi) is 4.47. The lowest BCUT2D eigenvalue weighted by atomic mass is 10.1. The highest BCUT2D eigenvalue weighted by Gasteiger charge is 2.16. The van der Waals surface area contributed by atoms with Crippen LogP contribution >= 0.6 is 0 Å². The van der Waals surface area contributed by atoms with Crippen molar-refractivity contribution in [3.8, 4) is 0 Å². The van der Waals surface area contributed by atoms with E-state index in [1.54, 1.807) is 0 Å². The number of nitrogens with one attached hydrogen (secondary N) is 1. The van der Waals surface area contributed by atoms with E-state index in [1.165, 1.54) is 0 Å². The highest BCUT2D eigenvalue weighted by Crippen LogP contribution is 2.15. The number of rotatable bonds is 5. The minimum atomic E-state index is 0.176. The van der Waals surface area contributed by atoms with Gasteiger partial charge in [0.25, 0.3) is 0 Å². The fourth-order valence-electron chi connectivity index (χ4n) is 2.04. The summed E-state index contributed by atoms with van der Waals surface area (Å²) in [4.78, 5) is 4.45. The van der Waals surface area contributed by atoms with Crippen LogP contribution in [0.1, 0.15) is 37.0 Å². The highest BCUT2D eigenvalue weighted by atomic mass is 16.5. The molecule has 0 unspecified atom stereocenters. The SMILES string of the molecule is CC(C)c1nc(/C(=N/Nc2ccccc2)c2ccccc2)no1. The van der Waals surface area contributed by atoms with Crippen LogP contribution in [0.5, 0.6) is 0 Å². The lowest BCUT2D eigenvalue weighted by Crippen LogP contribution is -2.09. The van der Waals surface area contributed by atoms with Gasteiger partial charge in [-0.15, -0.1) is 0 Å². The number of hydrogen-bond donors (Lipinski definition) is 1. The van der Waals surface area contributed by atoms with Crippen molar-refractivity contribution < 1.29 is 4.52 Å². The Balaban J connectivity index is 1.96. The summed E-state index contributed by atoms with van der Waals surface area (Å²) in [6.07, 6.45) is 0. The molecule has 1 N–H and O–H groups in total. The summed E-state index contributed by atoms with van der Waals surface area (Å²) in [5.41, 5.74) is 5.51. The van der Waals surface area contributed by atoms with E-state index in [-0.39, 0.29) is 5.92 Å². The maximum Gasteiger partial charge on any atom is 0.229 e. The molecule has 116 valence electrons. The Morgan fingerprint density at radius 2 is 1.65 bits per heavy atom. The van der Waals surface area contributed by atoms with Gasteiger partial charge in [-0.25, -0.2) is 0 Å². The van der Waals surface area contributed by atoms with Crippen LogP contribution in [-0.4, -0.2) is 15.9 Å². The van der Waals surface area contributed by atoms with Crippen molar-refractivity contribution in [3.63, 3.8) is 0 Å². The van der Waals surface area contributed by atoms with E-state index >= 15 is 0 Å². The minimum Gasteiger partial charge on any atom is -0.339 e. The first-order chi connectivity index (χ1) is 11.2. The van der Waals surface area contributed by atoms with E-state index in [0.29, 0.717) is 17.4 Å². The zero-order valence-corrected chi connectivity index (χ0v) is 13.1. The summed E-state index contributed by atoms with van der Waals surface area (Å²) in [5, 5.41) is 8.56. The molecule has 3 aromatic rings. The normalized spacial score (nSPS) is 11.7. The third kappa shape index (κ3) is 3.63. The van der Waals surface area contributed by atoms with Crippen LogP contribution in [-0.2, 0) is 0 Å². The Labute approximate surface area is 135 Å². The van der Waals surface area contributed by atoms with Crippen LogP contribution in [0.2, 0.25) is 0 Å². The fourth-order valence-corrected chi connectivity index (χ4v) is 2.04. The van der Waals surface area contributed by atoms with E-state index in [0.717, 1.165) is 11.3 Å². The Morgan fingerprint density at radius 1 is 1.00 bits per heavy atom. The molecule has 0 aliphatic heterocycles. The van der Waals surface area contributed by atoms with Gasteiger partial charge in [0, 0.05) is 11.5 Å². The highest BCUT2D eigenvalue weighted by molar-refractivity contribution is 6.10. The third-order valence-corrected chi connectivity index (χ3v) is 3.27. The number of hydrogen-bond acceptors (Lipinski definition) is 5. The molecule has 0 aliphatic rings. The van der Waals surface area contributed by atoms with Gasteiger partial charge >= 0.3 is 0 Å². The predicted molar refractivity (Wildman–Crippen MR) is 90.5 cm³/mol. The zero-order valence-electron chi connectivity index (χ0n) is 13.1. The van der Waals surface area contributed by atoms with Gasteiger partial charge in [0.05, 0.1) is 5.69 Å². The number of nitrogens with zero attached hydrogens (tertiary/aromatic N) is 3. The van der Waals surface area contributed by atoms with Crippen LogP contribution in [0.25, 0.3) is 0 Å². The van der Waals surface area contributed by atoms with E-state index < -0.39 is 0 Å². The van der Waals surface area contributed by atoms with E-state index in [9.17, 15) is 0 Å². The molecule has 0 aliphatic carbocycles. The van der Waals surface area contributed by atoms with Crippen LogP contribution in [0.15, 0.2) is 70.3 Å². The first-order valence-corrected chi connectivity index (χ1v) is 7.52. The first kappa shape index (κ1) is 15.0. The van der Waals surface area contributed by atoms with Crippen LogP contribution in [0.3, 0.4) is 0 Å². The van der Waals surface area contributed by atoms with Crippen molar-refractivity contribution in [1.29, 1.82) is 0 Å². The van der Waals surface area contributed by atoms with Gasteiger partial charge in [-0.3, -0.25) is 5.43 Å². The second-order valence-corrected chi connectivity index (χ2v) is 5.42. The molecule has 0 fully saturated rings. The standard InChI is InChI=1S/C18H18N4O/c1-13(2)18-19-17(22-23-18)16(14-9-5-3-6-10-14)21-20-15-11-7-4-8-12-15/h3-13,20H,1-2H3/b21-16+. The van der Waals surface area contributed by atoms with Crippen molar-refractivity contribution in [3.05, 3.63) is 77.9 Å². The van der Waals surface area contributed by atoms with Gasteiger partial charge in [0.2, 0.25) is 11.7 Å². The lowest BCUT2D eigenvalue weighted by molar-refractivity contribution is 0.364.